The molecule has 0 atom stereocenters. The molecule has 0 N–H and O–H groups in total. The molecule has 0 aliphatic carbocycles. The van der Waals surface area contributed by atoms with Gasteiger partial charge in [-0.1, -0.05) is 11.6 Å². The van der Waals surface area contributed by atoms with Crippen LogP contribution >= 0.6 is 11.6 Å². The number of halogens is 1. The van der Waals surface area contributed by atoms with E-state index < -0.39 is 0 Å². The molecule has 0 radical (unpaired) electrons. The predicted octanol–water partition coefficient (Wildman–Crippen LogP) is 1.45. The van der Waals surface area contributed by atoms with E-state index in [-0.39, 0.29) is 0 Å². The minimum Gasteiger partial charge on any atom is -0.480 e. The maximum atomic E-state index is 5.54. The van der Waals surface area contributed by atoms with Crippen molar-refractivity contribution in [2.45, 2.75) is 6.92 Å². The molecule has 0 unspecified atom stereocenters. The maximum absolute atomic E-state index is 5.54. The molecule has 1 aromatic heterocycles. The number of nitrogens with zero attached hydrogens (tertiary/aromatic N) is 2. The van der Waals surface area contributed by atoms with E-state index >= 15 is 0 Å². The molecule has 54 valence electrons. The first-order valence-electron chi connectivity index (χ1n) is 2.77. The van der Waals surface area contributed by atoms with Crippen LogP contribution in [-0.2, 0) is 0 Å². The molecule has 0 aliphatic rings. The van der Waals surface area contributed by atoms with Crippen molar-refractivity contribution in [2.75, 3.05) is 7.11 Å². The average Bonchev–Trinajstić information content (AvgIpc) is 1.94. The van der Waals surface area contributed by atoms with E-state index in [0.717, 1.165) is 5.69 Å². The first-order valence-corrected chi connectivity index (χ1v) is 3.15. The number of hydrogen-bond acceptors (Lipinski definition) is 3. The van der Waals surface area contributed by atoms with E-state index in [0.29, 0.717) is 11.0 Å². The quantitative estimate of drug-likeness (QED) is 0.621. The van der Waals surface area contributed by atoms with E-state index in [1.807, 2.05) is 6.92 Å². The van der Waals surface area contributed by atoms with Gasteiger partial charge >= 0.3 is 0 Å². The van der Waals surface area contributed by atoms with Crippen LogP contribution in [0.2, 0.25) is 5.15 Å². The normalized spacial score (nSPS) is 9.50. The zero-order chi connectivity index (χ0) is 7.56. The van der Waals surface area contributed by atoms with E-state index in [9.17, 15) is 0 Å². The molecule has 10 heavy (non-hydrogen) atoms. The predicted molar refractivity (Wildman–Crippen MR) is 38.3 cm³/mol. The van der Waals surface area contributed by atoms with Crippen LogP contribution in [0.1, 0.15) is 5.69 Å². The van der Waals surface area contributed by atoms with Crippen LogP contribution in [0, 0.1) is 6.92 Å². The topological polar surface area (TPSA) is 35.0 Å². The number of rotatable bonds is 1. The van der Waals surface area contributed by atoms with Crippen LogP contribution in [0.4, 0.5) is 0 Å². The van der Waals surface area contributed by atoms with Gasteiger partial charge in [-0.25, -0.2) is 0 Å². The molecular formula is C6H7ClN2O. The lowest BCUT2D eigenvalue weighted by Gasteiger charge is -2.00. The molecule has 4 heteroatoms. The summed E-state index contributed by atoms with van der Waals surface area (Å²) in [7, 11) is 1.54. The molecule has 1 rings (SSSR count). The summed E-state index contributed by atoms with van der Waals surface area (Å²) in [4.78, 5) is 7.80. The second-order valence-electron chi connectivity index (χ2n) is 1.79. The zero-order valence-corrected chi connectivity index (χ0v) is 6.51. The highest BCUT2D eigenvalue weighted by molar-refractivity contribution is 6.29. The summed E-state index contributed by atoms with van der Waals surface area (Å²) in [6.07, 6.45) is 1.49. The molecule has 0 aromatic carbocycles. The van der Waals surface area contributed by atoms with Gasteiger partial charge in [-0.15, -0.1) is 0 Å². The Bertz CT molecular complexity index is 239. The van der Waals surface area contributed by atoms with Gasteiger partial charge in [0.1, 0.15) is 0 Å². The SMILES string of the molecule is COc1nc(Cl)cnc1C. The second-order valence-corrected chi connectivity index (χ2v) is 2.17. The second kappa shape index (κ2) is 2.84. The van der Waals surface area contributed by atoms with E-state index in [2.05, 4.69) is 9.97 Å². The van der Waals surface area contributed by atoms with Gasteiger partial charge in [0, 0.05) is 0 Å². The van der Waals surface area contributed by atoms with Crippen molar-refractivity contribution in [2.24, 2.45) is 0 Å². The summed E-state index contributed by atoms with van der Waals surface area (Å²) in [6.45, 7) is 1.81. The fraction of sp³-hybridized carbons (Fsp3) is 0.333. The fourth-order valence-electron chi connectivity index (χ4n) is 0.605. The van der Waals surface area contributed by atoms with Crippen molar-refractivity contribution in [3.8, 4) is 5.88 Å². The monoisotopic (exact) mass is 158 g/mol. The van der Waals surface area contributed by atoms with Crippen LogP contribution < -0.4 is 4.74 Å². The molecule has 1 aromatic rings. The molecule has 3 nitrogen and oxygen atoms in total. The first-order chi connectivity index (χ1) is 4.74. The molecule has 1 heterocycles. The molecular weight excluding hydrogens is 152 g/mol. The van der Waals surface area contributed by atoms with Crippen LogP contribution in [-0.4, -0.2) is 17.1 Å². The Morgan fingerprint density at radius 1 is 1.60 bits per heavy atom. The average molecular weight is 159 g/mol. The molecule has 0 spiro atoms. The minimum atomic E-state index is 0.349. The van der Waals surface area contributed by atoms with E-state index in [1.54, 1.807) is 0 Å². The largest absolute Gasteiger partial charge is 0.480 e. The number of aromatic nitrogens is 2. The number of ether oxygens (including phenoxy) is 1. The standard InChI is InChI=1S/C6H7ClN2O/c1-4-6(10-2)9-5(7)3-8-4/h3H,1-2H3. The van der Waals surface area contributed by atoms with Gasteiger partial charge in [-0.3, -0.25) is 4.98 Å². The Hall–Kier alpha value is -0.830. The molecule has 0 saturated carbocycles. The molecule has 0 amide bonds. The number of aryl methyl sites for hydroxylation is 1. The van der Waals surface area contributed by atoms with E-state index in [4.69, 9.17) is 16.3 Å². The highest BCUT2D eigenvalue weighted by Gasteiger charge is 1.99. The Labute approximate surface area is 64.0 Å². The van der Waals surface area contributed by atoms with Crippen LogP contribution in [0.15, 0.2) is 6.20 Å². The number of methoxy groups -OCH3 is 1. The number of hydrogen-bond donors (Lipinski definition) is 0. The van der Waals surface area contributed by atoms with Gasteiger partial charge in [-0.2, -0.15) is 4.98 Å². The molecule has 0 bridgehead atoms. The van der Waals surface area contributed by atoms with Gasteiger partial charge < -0.3 is 4.74 Å². The summed E-state index contributed by atoms with van der Waals surface area (Å²) in [5.74, 6) is 0.479. The lowest BCUT2D eigenvalue weighted by molar-refractivity contribution is 0.392. The lowest BCUT2D eigenvalue weighted by atomic mass is 10.5. The van der Waals surface area contributed by atoms with Crippen LogP contribution in [0.5, 0.6) is 5.88 Å². The third-order valence-electron chi connectivity index (χ3n) is 1.08. The summed E-state index contributed by atoms with van der Waals surface area (Å²) < 4.78 is 4.87. The maximum Gasteiger partial charge on any atom is 0.236 e. The summed E-state index contributed by atoms with van der Waals surface area (Å²) >= 11 is 5.54. The Morgan fingerprint density at radius 3 is 2.80 bits per heavy atom. The summed E-state index contributed by atoms with van der Waals surface area (Å²) in [5.41, 5.74) is 0.743. The van der Waals surface area contributed by atoms with Gasteiger partial charge in [0.15, 0.2) is 5.15 Å². The smallest absolute Gasteiger partial charge is 0.236 e. The van der Waals surface area contributed by atoms with Crippen molar-refractivity contribution in [1.82, 2.24) is 9.97 Å². The van der Waals surface area contributed by atoms with Crippen molar-refractivity contribution in [1.29, 1.82) is 0 Å². The third kappa shape index (κ3) is 1.36. The van der Waals surface area contributed by atoms with Crippen molar-refractivity contribution < 1.29 is 4.74 Å². The van der Waals surface area contributed by atoms with Crippen molar-refractivity contribution in [3.63, 3.8) is 0 Å². The molecule has 0 saturated heterocycles. The minimum absolute atomic E-state index is 0.349. The van der Waals surface area contributed by atoms with Gasteiger partial charge in [-0.05, 0) is 6.92 Å². The Balaban J connectivity index is 3.09. The summed E-state index contributed by atoms with van der Waals surface area (Å²) in [5, 5.41) is 0.349. The van der Waals surface area contributed by atoms with Gasteiger partial charge in [0.05, 0.1) is 19.0 Å². The molecule has 0 aliphatic heterocycles. The van der Waals surface area contributed by atoms with Crippen LogP contribution in [0.25, 0.3) is 0 Å². The summed E-state index contributed by atoms with van der Waals surface area (Å²) in [6, 6.07) is 0. The lowest BCUT2D eigenvalue weighted by Crippen LogP contribution is -1.93. The fourth-order valence-corrected chi connectivity index (χ4v) is 0.731. The van der Waals surface area contributed by atoms with E-state index in [1.165, 1.54) is 13.3 Å². The highest BCUT2D eigenvalue weighted by Crippen LogP contribution is 2.13. The van der Waals surface area contributed by atoms with Crippen molar-refractivity contribution in [3.05, 3.63) is 17.0 Å². The first kappa shape index (κ1) is 7.28. The Kier molecular flexibility index (Phi) is 2.06. The van der Waals surface area contributed by atoms with Gasteiger partial charge in [0.25, 0.3) is 0 Å². The zero-order valence-electron chi connectivity index (χ0n) is 5.76. The molecule has 0 fully saturated rings. The Morgan fingerprint density at radius 2 is 2.30 bits per heavy atom. The highest BCUT2D eigenvalue weighted by atomic mass is 35.5. The van der Waals surface area contributed by atoms with Crippen molar-refractivity contribution >= 4 is 11.6 Å². The van der Waals surface area contributed by atoms with Gasteiger partial charge in [0.2, 0.25) is 5.88 Å². The van der Waals surface area contributed by atoms with Crippen LogP contribution in [0.3, 0.4) is 0 Å². The third-order valence-corrected chi connectivity index (χ3v) is 1.26.